The van der Waals surface area contributed by atoms with Crippen molar-refractivity contribution in [2.24, 2.45) is 0 Å². The van der Waals surface area contributed by atoms with Gasteiger partial charge in [0.2, 0.25) is 0 Å². The molecule has 80 valence electrons. The summed E-state index contributed by atoms with van der Waals surface area (Å²) < 4.78 is 8.54. The summed E-state index contributed by atoms with van der Waals surface area (Å²) in [7, 11) is 0. The van der Waals surface area contributed by atoms with Crippen molar-refractivity contribution < 1.29 is 18.6 Å². The molecule has 0 unspecified atom stereocenters. The van der Waals surface area contributed by atoms with Crippen LogP contribution in [0.5, 0.6) is 0 Å². The van der Waals surface area contributed by atoms with Crippen molar-refractivity contribution >= 4 is 35.4 Å². The molecule has 0 heterocycles. The minimum absolute atomic E-state index is 0.0548. The lowest BCUT2D eigenvalue weighted by Crippen LogP contribution is -2.12. The first-order chi connectivity index (χ1) is 6.58. The van der Waals surface area contributed by atoms with Gasteiger partial charge in [0.05, 0.1) is 12.2 Å². The molecule has 0 radical (unpaired) electrons. The van der Waals surface area contributed by atoms with Crippen LogP contribution in [0.3, 0.4) is 0 Å². The van der Waals surface area contributed by atoms with E-state index >= 15 is 0 Å². The van der Waals surface area contributed by atoms with Gasteiger partial charge in [-0.3, -0.25) is 0 Å². The van der Waals surface area contributed by atoms with Gasteiger partial charge in [0.15, 0.2) is 0 Å². The Kier molecular flexibility index (Phi) is 6.32. The summed E-state index contributed by atoms with van der Waals surface area (Å²) in [4.78, 5) is 22.1. The van der Waals surface area contributed by atoms with Crippen LogP contribution in [-0.2, 0) is 18.6 Å². The van der Waals surface area contributed by atoms with Gasteiger partial charge < -0.3 is 9.03 Å². The molecule has 0 fully saturated rings. The van der Waals surface area contributed by atoms with E-state index in [9.17, 15) is 9.59 Å². The molecule has 0 bridgehead atoms. The van der Waals surface area contributed by atoms with Gasteiger partial charge in [-0.25, -0.2) is 9.59 Å². The zero-order chi connectivity index (χ0) is 11.1. The van der Waals surface area contributed by atoms with E-state index in [4.69, 9.17) is 23.5 Å². The van der Waals surface area contributed by atoms with E-state index in [1.807, 2.05) is 0 Å². The van der Waals surface area contributed by atoms with Crippen molar-refractivity contribution in [2.45, 2.75) is 20.3 Å². The smallest absolute Gasteiger partial charge is 0.368 e. The van der Waals surface area contributed by atoms with Crippen molar-refractivity contribution in [3.8, 4) is 0 Å². The molecule has 6 heteroatoms. The van der Waals surface area contributed by atoms with E-state index in [0.717, 1.165) is 0 Å². The van der Waals surface area contributed by atoms with Crippen molar-refractivity contribution in [1.29, 1.82) is 0 Å². The fourth-order valence-corrected chi connectivity index (χ4v) is 1.13. The molecule has 0 aliphatic heterocycles. The van der Waals surface area contributed by atoms with Gasteiger partial charge in [-0.15, -0.1) is 0 Å². The number of esters is 1. The van der Waals surface area contributed by atoms with Crippen LogP contribution < -0.4 is 0 Å². The molecule has 0 aliphatic rings. The fourth-order valence-electron chi connectivity index (χ4n) is 0.764. The number of halogens is 2. The molecule has 0 atom stereocenters. The second-order valence-electron chi connectivity index (χ2n) is 2.23. The molecule has 0 aliphatic carbocycles. The molecular formula is C8H10Cl2O4. The van der Waals surface area contributed by atoms with E-state index in [2.05, 4.69) is 9.03 Å². The largest absolute Gasteiger partial charge is 0.463 e. The Bertz CT molecular complexity index is 260. The van der Waals surface area contributed by atoms with E-state index in [1.165, 1.54) is 0 Å². The lowest BCUT2D eigenvalue weighted by molar-refractivity contribution is -0.139. The molecule has 0 amide bonds. The third-order valence-corrected chi connectivity index (χ3v) is 1.91. The predicted octanol–water partition coefficient (Wildman–Crippen LogP) is 2.15. The van der Waals surface area contributed by atoms with E-state index < -0.39 is 11.9 Å². The van der Waals surface area contributed by atoms with Crippen LogP contribution >= 0.6 is 23.5 Å². The Morgan fingerprint density at radius 2 is 1.79 bits per heavy atom. The van der Waals surface area contributed by atoms with Crippen molar-refractivity contribution in [2.75, 3.05) is 6.61 Å². The van der Waals surface area contributed by atoms with Crippen molar-refractivity contribution in [3.05, 3.63) is 10.6 Å². The van der Waals surface area contributed by atoms with Gasteiger partial charge in [0.25, 0.3) is 0 Å². The van der Waals surface area contributed by atoms with Gasteiger partial charge in [-0.05, 0) is 13.3 Å². The zero-order valence-corrected chi connectivity index (χ0v) is 9.31. The molecular weight excluding hydrogens is 231 g/mol. The van der Waals surface area contributed by atoms with Gasteiger partial charge in [0, 0.05) is 0 Å². The summed E-state index contributed by atoms with van der Waals surface area (Å²) in [5, 5.41) is -0.346. The van der Waals surface area contributed by atoms with Gasteiger partial charge in [-0.2, -0.15) is 0 Å². The van der Waals surface area contributed by atoms with Crippen LogP contribution in [0.2, 0.25) is 0 Å². The van der Waals surface area contributed by atoms with Crippen LogP contribution in [0.25, 0.3) is 0 Å². The standard InChI is InChI=1S/C8H10Cl2O4/c1-3-5(7(11)13-4-2)6(9)8(12)14-10/h3-4H2,1-2H3. The summed E-state index contributed by atoms with van der Waals surface area (Å²) in [6, 6.07) is 0. The maximum atomic E-state index is 11.2. The first-order valence-corrected chi connectivity index (χ1v) is 4.65. The summed E-state index contributed by atoms with van der Waals surface area (Å²) >= 11 is 10.4. The van der Waals surface area contributed by atoms with Crippen molar-refractivity contribution in [1.82, 2.24) is 0 Å². The summed E-state index contributed by atoms with van der Waals surface area (Å²) in [6.45, 7) is 3.53. The number of rotatable bonds is 4. The van der Waals surface area contributed by atoms with Gasteiger partial charge in [-0.1, -0.05) is 18.5 Å². The maximum absolute atomic E-state index is 11.2. The van der Waals surface area contributed by atoms with Crippen LogP contribution in [0.4, 0.5) is 0 Å². The first kappa shape index (κ1) is 13.3. The molecule has 0 rings (SSSR count). The van der Waals surface area contributed by atoms with Crippen LogP contribution in [-0.4, -0.2) is 18.5 Å². The Labute approximate surface area is 91.9 Å². The molecule has 0 aromatic carbocycles. The Morgan fingerprint density at radius 3 is 2.14 bits per heavy atom. The quantitative estimate of drug-likeness (QED) is 0.559. The highest BCUT2D eigenvalue weighted by molar-refractivity contribution is 6.44. The molecule has 0 aromatic heterocycles. The lowest BCUT2D eigenvalue weighted by Gasteiger charge is -2.05. The van der Waals surface area contributed by atoms with E-state index in [-0.39, 0.29) is 23.6 Å². The number of ether oxygens (including phenoxy) is 1. The topological polar surface area (TPSA) is 52.6 Å². The molecule has 14 heavy (non-hydrogen) atoms. The van der Waals surface area contributed by atoms with E-state index in [0.29, 0.717) is 0 Å². The Balaban J connectivity index is 4.83. The fraction of sp³-hybridized carbons (Fsp3) is 0.500. The molecule has 0 N–H and O–H groups in total. The summed E-state index contributed by atoms with van der Waals surface area (Å²) in [5.74, 6) is -1.60. The number of hydrogen-bond donors (Lipinski definition) is 0. The van der Waals surface area contributed by atoms with Crippen LogP contribution in [0.1, 0.15) is 20.3 Å². The average molecular weight is 241 g/mol. The highest BCUT2D eigenvalue weighted by Gasteiger charge is 2.19. The van der Waals surface area contributed by atoms with Crippen LogP contribution in [0, 0.1) is 0 Å². The molecule has 4 nitrogen and oxygen atoms in total. The first-order valence-electron chi connectivity index (χ1n) is 3.97. The third-order valence-electron chi connectivity index (χ3n) is 1.39. The van der Waals surface area contributed by atoms with Crippen molar-refractivity contribution in [3.63, 3.8) is 0 Å². The normalized spacial score (nSPS) is 11.7. The van der Waals surface area contributed by atoms with Crippen LogP contribution in [0.15, 0.2) is 10.6 Å². The SMILES string of the molecule is CCOC(=O)C(CC)=C(Cl)C(=O)OCl. The lowest BCUT2D eigenvalue weighted by atomic mass is 10.2. The minimum Gasteiger partial charge on any atom is -0.463 e. The minimum atomic E-state index is -0.960. The number of carbonyl (C=O) groups excluding carboxylic acids is 2. The summed E-state index contributed by atoms with van der Waals surface area (Å²) in [5.41, 5.74) is 0.0548. The Hall–Kier alpha value is -0.740. The second-order valence-corrected chi connectivity index (χ2v) is 2.76. The summed E-state index contributed by atoms with van der Waals surface area (Å²) in [6.07, 6.45) is 0.268. The molecule has 0 spiro atoms. The third kappa shape index (κ3) is 3.55. The molecule has 0 saturated heterocycles. The predicted molar refractivity (Wildman–Crippen MR) is 51.7 cm³/mol. The highest BCUT2D eigenvalue weighted by Crippen LogP contribution is 2.16. The molecule has 0 aromatic rings. The maximum Gasteiger partial charge on any atom is 0.368 e. The Morgan fingerprint density at radius 1 is 1.21 bits per heavy atom. The average Bonchev–Trinajstić information content (AvgIpc) is 2.18. The second kappa shape index (κ2) is 6.68. The van der Waals surface area contributed by atoms with Gasteiger partial charge >= 0.3 is 11.9 Å². The number of carbonyl (C=O) groups is 2. The molecule has 0 saturated carbocycles. The monoisotopic (exact) mass is 240 g/mol. The highest BCUT2D eigenvalue weighted by atomic mass is 35.5. The van der Waals surface area contributed by atoms with E-state index in [1.54, 1.807) is 13.8 Å². The van der Waals surface area contributed by atoms with Gasteiger partial charge in [0.1, 0.15) is 16.9 Å². The zero-order valence-electron chi connectivity index (χ0n) is 7.80. The number of hydrogen-bond acceptors (Lipinski definition) is 4.